The summed E-state index contributed by atoms with van der Waals surface area (Å²) in [6.45, 7) is 0. The summed E-state index contributed by atoms with van der Waals surface area (Å²) in [5, 5.41) is 0. The van der Waals surface area contributed by atoms with Gasteiger partial charge in [0.25, 0.3) is 0 Å². The van der Waals surface area contributed by atoms with Gasteiger partial charge in [-0.25, -0.2) is 0 Å². The van der Waals surface area contributed by atoms with E-state index in [-0.39, 0.29) is 0 Å². The predicted octanol–water partition coefficient (Wildman–Crippen LogP) is -2.55. The normalized spacial score (nSPS) is 29.0. The molecule has 0 radical (unpaired) electrons. The zero-order chi connectivity index (χ0) is 4.62. The fourth-order valence-electron chi connectivity index (χ4n) is 0.164. The first-order chi connectivity index (χ1) is 2.71. The fourth-order valence-corrected chi connectivity index (χ4v) is 2.56. The second kappa shape index (κ2) is 1.29. The standard InChI is InChI=1S/GeH4O4Si/c2-6(3)4-1-5-6/h2-3H,1H2. The van der Waals surface area contributed by atoms with Crippen molar-refractivity contribution in [2.24, 2.45) is 0 Å². The molecule has 0 spiro atoms. The summed E-state index contributed by atoms with van der Waals surface area (Å²) in [5.41, 5.74) is 0. The molecule has 0 atom stereocenters. The molecular formula is H4GeO4Si. The minimum absolute atomic E-state index is 1.28. The van der Waals surface area contributed by atoms with Crippen molar-refractivity contribution in [1.29, 1.82) is 0 Å². The van der Waals surface area contributed by atoms with Gasteiger partial charge in [-0.05, 0) is 0 Å². The third-order valence-corrected chi connectivity index (χ3v) is 7.70. The summed E-state index contributed by atoms with van der Waals surface area (Å²) in [7, 11) is -3.37. The van der Waals surface area contributed by atoms with Gasteiger partial charge in [-0.2, -0.15) is 0 Å². The van der Waals surface area contributed by atoms with Crippen molar-refractivity contribution in [2.45, 2.75) is 0 Å². The molecule has 2 N–H and O–H groups in total. The summed E-state index contributed by atoms with van der Waals surface area (Å²) < 4.78 is 8.67. The van der Waals surface area contributed by atoms with Crippen LogP contribution in [-0.4, -0.2) is 34.7 Å². The van der Waals surface area contributed by atoms with E-state index in [2.05, 4.69) is 6.91 Å². The van der Waals surface area contributed by atoms with E-state index in [9.17, 15) is 0 Å². The van der Waals surface area contributed by atoms with E-state index in [1.54, 1.807) is 0 Å². The van der Waals surface area contributed by atoms with Crippen LogP contribution in [0.3, 0.4) is 0 Å². The molecule has 6 heteroatoms. The van der Waals surface area contributed by atoms with Gasteiger partial charge in [0.15, 0.2) is 0 Å². The summed E-state index contributed by atoms with van der Waals surface area (Å²) in [6.07, 6.45) is 0. The second-order valence-electron chi connectivity index (χ2n) is 0.955. The first-order valence-electron chi connectivity index (χ1n) is 1.43. The van der Waals surface area contributed by atoms with E-state index in [0.717, 1.165) is 0 Å². The average Bonchev–Trinajstić information content (AvgIpc) is 1.32. The Balaban J connectivity index is 2.31. The molecule has 1 aliphatic rings. The number of hydrogen-bond donors (Lipinski definition) is 2. The molecule has 0 aliphatic carbocycles. The molecular weight excluding hydrogens is 165 g/mol. The molecule has 1 fully saturated rings. The van der Waals surface area contributed by atoms with Crippen LogP contribution in [0.2, 0.25) is 0 Å². The maximum atomic E-state index is 8.21. The van der Waals surface area contributed by atoms with E-state index >= 15 is 0 Å². The summed E-state index contributed by atoms with van der Waals surface area (Å²) in [5.74, 6) is 0. The van der Waals surface area contributed by atoms with Crippen molar-refractivity contribution < 1.29 is 16.5 Å². The van der Waals surface area contributed by atoms with Crippen molar-refractivity contribution in [1.82, 2.24) is 0 Å². The molecule has 1 saturated heterocycles. The molecule has 0 aromatic rings. The van der Waals surface area contributed by atoms with Crippen molar-refractivity contribution in [3.8, 4) is 0 Å². The first-order valence-corrected chi connectivity index (χ1v) is 5.57. The van der Waals surface area contributed by atoms with Crippen molar-refractivity contribution in [3.63, 3.8) is 0 Å². The van der Waals surface area contributed by atoms with Crippen molar-refractivity contribution in [3.05, 3.63) is 0 Å². The number of rotatable bonds is 0. The molecule has 0 aromatic heterocycles. The van der Waals surface area contributed by atoms with Gasteiger partial charge in [-0.1, -0.05) is 0 Å². The van der Waals surface area contributed by atoms with Gasteiger partial charge in [-0.15, -0.1) is 0 Å². The zero-order valence-electron chi connectivity index (χ0n) is 2.92. The van der Waals surface area contributed by atoms with Crippen LogP contribution >= 0.6 is 0 Å². The van der Waals surface area contributed by atoms with Gasteiger partial charge < -0.3 is 0 Å². The molecule has 1 heterocycles. The number of hydrogen-bond acceptors (Lipinski definition) is 4. The first kappa shape index (κ1) is 4.75. The average molecular weight is 169 g/mol. The van der Waals surface area contributed by atoms with E-state index in [1.807, 2.05) is 0 Å². The monoisotopic (exact) mass is 170 g/mol. The minimum atomic E-state index is -3.37. The Morgan fingerprint density at radius 3 is 1.67 bits per heavy atom. The van der Waals surface area contributed by atoms with Gasteiger partial charge in [0.05, 0.1) is 0 Å². The Morgan fingerprint density at radius 2 is 1.67 bits per heavy atom. The Hall–Kier alpha value is 0.600. The van der Waals surface area contributed by atoms with E-state index in [0.29, 0.717) is 0 Å². The van der Waals surface area contributed by atoms with Crippen LogP contribution in [0.25, 0.3) is 0 Å². The van der Waals surface area contributed by atoms with Gasteiger partial charge in [0.1, 0.15) is 0 Å². The van der Waals surface area contributed by atoms with Crippen LogP contribution in [0, 0.1) is 0 Å². The summed E-state index contributed by atoms with van der Waals surface area (Å²) in [6, 6.07) is 0. The quantitative estimate of drug-likeness (QED) is 0.392. The van der Waals surface area contributed by atoms with E-state index in [4.69, 9.17) is 9.59 Å². The van der Waals surface area contributed by atoms with Gasteiger partial charge in [0, 0.05) is 0 Å². The van der Waals surface area contributed by atoms with Crippen LogP contribution in [0.5, 0.6) is 0 Å². The summed E-state index contributed by atoms with van der Waals surface area (Å²) >= 11 is -1.28. The van der Waals surface area contributed by atoms with Crippen molar-refractivity contribution >= 4 is 25.2 Å². The van der Waals surface area contributed by atoms with E-state index < -0.39 is 25.2 Å². The van der Waals surface area contributed by atoms with Crippen molar-refractivity contribution in [2.75, 3.05) is 0 Å². The SMILES string of the molecule is O[Si]1(O)[O][GeH2][O]1. The zero-order valence-corrected chi connectivity index (χ0v) is 6.89. The molecule has 6 heavy (non-hydrogen) atoms. The van der Waals surface area contributed by atoms with Gasteiger partial charge >= 0.3 is 41.6 Å². The van der Waals surface area contributed by atoms with Crippen LogP contribution in [0.15, 0.2) is 0 Å². The Morgan fingerprint density at radius 1 is 1.33 bits per heavy atom. The molecule has 0 saturated carbocycles. The molecule has 36 valence electrons. The van der Waals surface area contributed by atoms with E-state index in [1.165, 1.54) is 0 Å². The third kappa shape index (κ3) is 0.806. The van der Waals surface area contributed by atoms with Crippen LogP contribution in [-0.2, 0) is 6.91 Å². The van der Waals surface area contributed by atoms with Gasteiger partial charge in [-0.3, -0.25) is 0 Å². The molecule has 0 unspecified atom stereocenters. The van der Waals surface area contributed by atoms with Crippen LogP contribution < -0.4 is 0 Å². The van der Waals surface area contributed by atoms with Crippen LogP contribution in [0.1, 0.15) is 0 Å². The molecule has 1 rings (SSSR count). The molecule has 0 amide bonds. The van der Waals surface area contributed by atoms with Crippen LogP contribution in [0.4, 0.5) is 0 Å². The summed E-state index contributed by atoms with van der Waals surface area (Å²) in [4.78, 5) is 16.4. The second-order valence-corrected chi connectivity index (χ2v) is 6.76. The predicted molar refractivity (Wildman–Crippen MR) is 20.9 cm³/mol. The Kier molecular flexibility index (Phi) is 1.02. The fraction of sp³-hybridized carbons (Fsp3) is 0. The molecule has 0 bridgehead atoms. The third-order valence-electron chi connectivity index (χ3n) is 0.494. The Labute approximate surface area is 42.3 Å². The topological polar surface area (TPSA) is 58.9 Å². The Bertz CT molecular complexity index is 54.6. The maximum absolute atomic E-state index is 8.21. The molecule has 1 aliphatic heterocycles. The molecule has 0 aromatic carbocycles. The van der Waals surface area contributed by atoms with Gasteiger partial charge in [0.2, 0.25) is 0 Å². The molecule has 4 nitrogen and oxygen atoms in total.